The van der Waals surface area contributed by atoms with E-state index in [1.807, 2.05) is 0 Å². The van der Waals surface area contributed by atoms with Gasteiger partial charge in [-0.15, -0.1) is 11.3 Å². The van der Waals surface area contributed by atoms with Crippen LogP contribution in [0.4, 0.5) is 5.13 Å². The highest BCUT2D eigenvalue weighted by atomic mass is 32.1. The van der Waals surface area contributed by atoms with E-state index in [1.165, 1.54) is 42.9 Å². The molecule has 3 nitrogen and oxygen atoms in total. The van der Waals surface area contributed by atoms with Crippen LogP contribution in [0, 0.1) is 0 Å². The van der Waals surface area contributed by atoms with Gasteiger partial charge in [0.1, 0.15) is 0 Å². The first-order chi connectivity index (χ1) is 9.49. The number of hydrogen-bond acceptors (Lipinski definition) is 4. The van der Waals surface area contributed by atoms with Gasteiger partial charge in [0.2, 0.25) is 0 Å². The first-order valence-corrected chi connectivity index (χ1v) is 8.83. The van der Waals surface area contributed by atoms with Gasteiger partial charge in [0, 0.05) is 30.1 Å². The zero-order valence-corrected chi connectivity index (χ0v) is 14.2. The number of nitrogens with zero attached hydrogens (tertiary/aromatic N) is 2. The van der Waals surface area contributed by atoms with Crippen LogP contribution < -0.4 is 10.2 Å². The third-order valence-corrected chi connectivity index (χ3v) is 4.87. The molecule has 20 heavy (non-hydrogen) atoms. The third-order valence-electron chi connectivity index (χ3n) is 3.94. The second kappa shape index (κ2) is 6.90. The van der Waals surface area contributed by atoms with E-state index in [0.717, 1.165) is 13.1 Å². The predicted molar refractivity (Wildman–Crippen MR) is 88.6 cm³/mol. The van der Waals surface area contributed by atoms with Crippen LogP contribution in [0.15, 0.2) is 5.38 Å². The van der Waals surface area contributed by atoms with Gasteiger partial charge in [0.05, 0.1) is 5.69 Å². The third kappa shape index (κ3) is 4.45. The first-order valence-electron chi connectivity index (χ1n) is 7.95. The molecule has 1 saturated carbocycles. The van der Waals surface area contributed by atoms with Crippen molar-refractivity contribution in [3.8, 4) is 0 Å². The van der Waals surface area contributed by atoms with E-state index < -0.39 is 0 Å². The van der Waals surface area contributed by atoms with E-state index in [0.29, 0.717) is 6.04 Å². The molecule has 1 aliphatic carbocycles. The van der Waals surface area contributed by atoms with Crippen molar-refractivity contribution in [3.63, 3.8) is 0 Å². The Morgan fingerprint density at radius 1 is 1.30 bits per heavy atom. The molecule has 0 spiro atoms. The van der Waals surface area contributed by atoms with Crippen LogP contribution in [-0.2, 0) is 6.54 Å². The molecular formula is C16H29N3S. The van der Waals surface area contributed by atoms with Crippen LogP contribution in [-0.4, -0.2) is 23.1 Å². The van der Waals surface area contributed by atoms with Crippen LogP contribution in [0.2, 0.25) is 0 Å². The Bertz CT molecular complexity index is 402. The van der Waals surface area contributed by atoms with Gasteiger partial charge in [0.25, 0.3) is 0 Å². The van der Waals surface area contributed by atoms with Gasteiger partial charge in [-0.2, -0.15) is 0 Å². The lowest BCUT2D eigenvalue weighted by Gasteiger charge is -2.33. The van der Waals surface area contributed by atoms with Crippen molar-refractivity contribution in [2.75, 3.05) is 11.4 Å². The Labute approximate surface area is 127 Å². The second-order valence-corrected chi connectivity index (χ2v) is 7.64. The van der Waals surface area contributed by atoms with Gasteiger partial charge in [-0.05, 0) is 40.5 Å². The summed E-state index contributed by atoms with van der Waals surface area (Å²) in [4.78, 5) is 7.36. The lowest BCUT2D eigenvalue weighted by molar-refractivity contribution is 0.415. The summed E-state index contributed by atoms with van der Waals surface area (Å²) in [5.41, 5.74) is 1.33. The minimum Gasteiger partial charge on any atom is -0.345 e. The van der Waals surface area contributed by atoms with E-state index in [2.05, 4.69) is 43.3 Å². The molecule has 4 heteroatoms. The Kier molecular flexibility index (Phi) is 5.44. The molecule has 1 aromatic rings. The summed E-state index contributed by atoms with van der Waals surface area (Å²) >= 11 is 1.80. The molecule has 1 aliphatic rings. The quantitative estimate of drug-likeness (QED) is 0.883. The molecule has 0 radical (unpaired) electrons. The fraction of sp³-hybridized carbons (Fsp3) is 0.812. The van der Waals surface area contributed by atoms with Gasteiger partial charge in [-0.1, -0.05) is 19.3 Å². The Morgan fingerprint density at radius 2 is 2.00 bits per heavy atom. The fourth-order valence-electron chi connectivity index (χ4n) is 2.81. The Hall–Kier alpha value is -0.610. The van der Waals surface area contributed by atoms with Crippen molar-refractivity contribution >= 4 is 16.5 Å². The van der Waals surface area contributed by atoms with Crippen molar-refractivity contribution in [2.45, 2.75) is 77.9 Å². The maximum Gasteiger partial charge on any atom is 0.185 e. The van der Waals surface area contributed by atoms with Crippen molar-refractivity contribution in [1.29, 1.82) is 0 Å². The molecule has 1 heterocycles. The molecule has 1 N–H and O–H groups in total. The lowest BCUT2D eigenvalue weighted by Crippen LogP contribution is -2.37. The van der Waals surface area contributed by atoms with Crippen LogP contribution in [0.5, 0.6) is 0 Å². The topological polar surface area (TPSA) is 28.2 Å². The molecule has 0 bridgehead atoms. The monoisotopic (exact) mass is 295 g/mol. The summed E-state index contributed by atoms with van der Waals surface area (Å²) < 4.78 is 0. The first kappa shape index (κ1) is 15.8. The molecule has 114 valence electrons. The number of nitrogens with one attached hydrogen (secondary N) is 1. The number of aromatic nitrogens is 1. The summed E-state index contributed by atoms with van der Waals surface area (Å²) in [5, 5.41) is 6.93. The summed E-state index contributed by atoms with van der Waals surface area (Å²) in [7, 11) is 0. The van der Waals surface area contributed by atoms with E-state index in [1.54, 1.807) is 11.3 Å². The van der Waals surface area contributed by atoms with E-state index >= 15 is 0 Å². The molecule has 0 saturated heterocycles. The number of hydrogen-bond donors (Lipinski definition) is 1. The number of rotatable bonds is 5. The summed E-state index contributed by atoms with van der Waals surface area (Å²) in [5.74, 6) is 0. The molecule has 0 unspecified atom stereocenters. The normalized spacial score (nSPS) is 17.4. The molecule has 0 amide bonds. The Balaban J connectivity index is 1.98. The zero-order valence-electron chi connectivity index (χ0n) is 13.4. The van der Waals surface area contributed by atoms with Crippen molar-refractivity contribution < 1.29 is 0 Å². The van der Waals surface area contributed by atoms with Crippen LogP contribution in [0.25, 0.3) is 0 Å². The van der Waals surface area contributed by atoms with Crippen molar-refractivity contribution in [1.82, 2.24) is 10.3 Å². The van der Waals surface area contributed by atoms with Crippen LogP contribution in [0.1, 0.15) is 65.5 Å². The smallest absolute Gasteiger partial charge is 0.185 e. The van der Waals surface area contributed by atoms with Crippen molar-refractivity contribution in [3.05, 3.63) is 11.1 Å². The average Bonchev–Trinajstić information content (AvgIpc) is 2.87. The van der Waals surface area contributed by atoms with Crippen molar-refractivity contribution in [2.24, 2.45) is 0 Å². The van der Waals surface area contributed by atoms with Gasteiger partial charge < -0.3 is 10.2 Å². The predicted octanol–water partition coefficient (Wildman–Crippen LogP) is 4.19. The van der Waals surface area contributed by atoms with E-state index in [9.17, 15) is 0 Å². The largest absolute Gasteiger partial charge is 0.345 e. The second-order valence-electron chi connectivity index (χ2n) is 6.80. The molecule has 1 aromatic heterocycles. The number of anilines is 1. The summed E-state index contributed by atoms with van der Waals surface area (Å²) in [6, 6.07) is 0.711. The van der Waals surface area contributed by atoms with Gasteiger partial charge in [-0.25, -0.2) is 4.98 Å². The molecule has 1 fully saturated rings. The highest BCUT2D eigenvalue weighted by molar-refractivity contribution is 7.13. The Morgan fingerprint density at radius 3 is 2.60 bits per heavy atom. The minimum absolute atomic E-state index is 0.150. The zero-order chi connectivity index (χ0) is 14.6. The van der Waals surface area contributed by atoms with Crippen LogP contribution >= 0.6 is 11.3 Å². The van der Waals surface area contributed by atoms with Gasteiger partial charge >= 0.3 is 0 Å². The highest BCUT2D eigenvalue weighted by Gasteiger charge is 2.22. The van der Waals surface area contributed by atoms with Gasteiger partial charge in [0.15, 0.2) is 5.13 Å². The molecular weight excluding hydrogens is 266 g/mol. The van der Waals surface area contributed by atoms with E-state index in [4.69, 9.17) is 4.98 Å². The van der Waals surface area contributed by atoms with Crippen LogP contribution in [0.3, 0.4) is 0 Å². The molecule has 0 aliphatic heterocycles. The lowest BCUT2D eigenvalue weighted by atomic mass is 9.94. The van der Waals surface area contributed by atoms with Gasteiger partial charge in [-0.3, -0.25) is 0 Å². The molecule has 2 rings (SSSR count). The molecule has 0 aromatic carbocycles. The highest BCUT2D eigenvalue weighted by Crippen LogP contribution is 2.29. The maximum absolute atomic E-state index is 4.84. The fourth-order valence-corrected chi connectivity index (χ4v) is 3.77. The summed E-state index contributed by atoms with van der Waals surface area (Å²) in [6.45, 7) is 10.8. The number of thiazole rings is 1. The maximum atomic E-state index is 4.84. The van der Waals surface area contributed by atoms with E-state index in [-0.39, 0.29) is 5.54 Å². The summed E-state index contributed by atoms with van der Waals surface area (Å²) in [6.07, 6.45) is 6.84. The minimum atomic E-state index is 0.150. The SMILES string of the molecule is CCN(c1nc(CNC(C)(C)C)cs1)C1CCCCC1. The molecule has 0 atom stereocenters. The average molecular weight is 295 g/mol. The standard InChI is InChI=1S/C16H29N3S/c1-5-19(14-9-7-6-8-10-14)15-18-13(12-20-15)11-17-16(2,3)4/h12,14,17H,5-11H2,1-4H3.